The van der Waals surface area contributed by atoms with E-state index in [9.17, 15) is 0 Å². The first-order valence-electron chi connectivity index (χ1n) is 2.54. The third-order valence-corrected chi connectivity index (χ3v) is 0.712. The van der Waals surface area contributed by atoms with Crippen LogP contribution < -0.4 is 0 Å². The number of hydrogen-bond acceptors (Lipinski definition) is 2. The average Bonchev–Trinajstić information content (AvgIpc) is 1.83. The summed E-state index contributed by atoms with van der Waals surface area (Å²) in [5.41, 5.74) is 0. The van der Waals surface area contributed by atoms with E-state index in [1.54, 1.807) is 19.4 Å². The van der Waals surface area contributed by atoms with E-state index in [0.717, 1.165) is 0 Å². The Morgan fingerprint density at radius 1 is 1.50 bits per heavy atom. The van der Waals surface area contributed by atoms with Gasteiger partial charge in [0.05, 0.1) is 7.11 Å². The zero-order chi connectivity index (χ0) is 6.41. The third kappa shape index (κ3) is 2.39. The van der Waals surface area contributed by atoms with E-state index in [1.807, 2.05) is 13.8 Å². The van der Waals surface area contributed by atoms with Crippen molar-refractivity contribution < 1.29 is 4.74 Å². The van der Waals surface area contributed by atoms with Gasteiger partial charge in [0.15, 0.2) is 0 Å². The van der Waals surface area contributed by atoms with Gasteiger partial charge in [-0.05, 0) is 19.9 Å². The zero-order valence-corrected chi connectivity index (χ0v) is 5.51. The van der Waals surface area contributed by atoms with Gasteiger partial charge in [-0.1, -0.05) is 0 Å². The van der Waals surface area contributed by atoms with Crippen molar-refractivity contribution >= 4 is 6.21 Å². The second-order valence-corrected chi connectivity index (χ2v) is 1.22. The highest BCUT2D eigenvalue weighted by Crippen LogP contribution is 1.93. The Kier molecular flexibility index (Phi) is 3.94. The van der Waals surface area contributed by atoms with Crippen molar-refractivity contribution in [1.82, 2.24) is 0 Å². The Morgan fingerprint density at radius 2 is 2.12 bits per heavy atom. The standard InChI is InChI=1S/C6H11NO/c1-4-6(8-3)7-5-2/h4-5H,1-3H3/b6-4+,7-5?. The van der Waals surface area contributed by atoms with E-state index in [1.165, 1.54) is 0 Å². The van der Waals surface area contributed by atoms with Gasteiger partial charge in [0, 0.05) is 6.21 Å². The number of allylic oxidation sites excluding steroid dienone is 1. The second kappa shape index (κ2) is 4.37. The van der Waals surface area contributed by atoms with Crippen LogP contribution in [-0.2, 0) is 4.74 Å². The lowest BCUT2D eigenvalue weighted by Gasteiger charge is -1.93. The molecule has 2 nitrogen and oxygen atoms in total. The summed E-state index contributed by atoms with van der Waals surface area (Å²) in [7, 11) is 1.60. The first-order chi connectivity index (χ1) is 3.85. The molecule has 0 atom stereocenters. The molecule has 0 aliphatic carbocycles. The van der Waals surface area contributed by atoms with E-state index in [4.69, 9.17) is 4.74 Å². The summed E-state index contributed by atoms with van der Waals surface area (Å²) in [6, 6.07) is 0. The molecule has 46 valence electrons. The predicted molar refractivity (Wildman–Crippen MR) is 34.9 cm³/mol. The molecule has 8 heavy (non-hydrogen) atoms. The molecule has 0 aliphatic heterocycles. The molecule has 0 unspecified atom stereocenters. The van der Waals surface area contributed by atoms with Gasteiger partial charge in [-0.2, -0.15) is 0 Å². The molecule has 2 heteroatoms. The topological polar surface area (TPSA) is 21.6 Å². The molecule has 0 fully saturated rings. The van der Waals surface area contributed by atoms with Crippen LogP contribution in [0.3, 0.4) is 0 Å². The zero-order valence-electron chi connectivity index (χ0n) is 5.51. The molecule has 0 heterocycles. The fourth-order valence-corrected chi connectivity index (χ4v) is 0.372. The van der Waals surface area contributed by atoms with Crippen LogP contribution in [0.5, 0.6) is 0 Å². The molecule has 0 saturated carbocycles. The maximum Gasteiger partial charge on any atom is 0.208 e. The first-order valence-corrected chi connectivity index (χ1v) is 2.54. The van der Waals surface area contributed by atoms with Gasteiger partial charge in [-0.15, -0.1) is 0 Å². The van der Waals surface area contributed by atoms with Crippen LogP contribution in [0.15, 0.2) is 17.0 Å². The lowest BCUT2D eigenvalue weighted by atomic mass is 10.6. The van der Waals surface area contributed by atoms with E-state index in [2.05, 4.69) is 4.99 Å². The molecule has 0 N–H and O–H groups in total. The predicted octanol–water partition coefficient (Wildman–Crippen LogP) is 1.58. The van der Waals surface area contributed by atoms with Crippen molar-refractivity contribution in [1.29, 1.82) is 0 Å². The average molecular weight is 113 g/mol. The number of ether oxygens (including phenoxy) is 1. The van der Waals surface area contributed by atoms with Crippen LogP contribution >= 0.6 is 0 Å². The van der Waals surface area contributed by atoms with Gasteiger partial charge >= 0.3 is 0 Å². The highest BCUT2D eigenvalue weighted by molar-refractivity contribution is 5.54. The maximum absolute atomic E-state index is 4.80. The largest absolute Gasteiger partial charge is 0.481 e. The number of hydrogen-bond donors (Lipinski definition) is 0. The van der Waals surface area contributed by atoms with E-state index >= 15 is 0 Å². The van der Waals surface area contributed by atoms with Crippen molar-refractivity contribution in [2.24, 2.45) is 4.99 Å². The van der Waals surface area contributed by atoms with Crippen molar-refractivity contribution in [2.75, 3.05) is 7.11 Å². The van der Waals surface area contributed by atoms with Crippen LogP contribution in [0.25, 0.3) is 0 Å². The fourth-order valence-electron chi connectivity index (χ4n) is 0.372. The second-order valence-electron chi connectivity index (χ2n) is 1.22. The molecular formula is C6H11NO. The monoisotopic (exact) mass is 113 g/mol. The maximum atomic E-state index is 4.80. The van der Waals surface area contributed by atoms with Crippen LogP contribution in [0, 0.1) is 0 Å². The van der Waals surface area contributed by atoms with Crippen LogP contribution in [0.2, 0.25) is 0 Å². The van der Waals surface area contributed by atoms with Gasteiger partial charge in [0.2, 0.25) is 5.88 Å². The third-order valence-electron chi connectivity index (χ3n) is 0.712. The number of aliphatic imine (C=N–C) groups is 1. The Morgan fingerprint density at radius 3 is 2.25 bits per heavy atom. The van der Waals surface area contributed by atoms with Crippen molar-refractivity contribution in [3.63, 3.8) is 0 Å². The highest BCUT2D eigenvalue weighted by Gasteiger charge is 1.80. The summed E-state index contributed by atoms with van der Waals surface area (Å²) < 4.78 is 4.80. The lowest BCUT2D eigenvalue weighted by Crippen LogP contribution is -1.79. The highest BCUT2D eigenvalue weighted by atomic mass is 16.5. The van der Waals surface area contributed by atoms with Gasteiger partial charge in [0.25, 0.3) is 0 Å². The SMILES string of the molecule is CC=N/C(=C\C)OC. The first kappa shape index (κ1) is 7.21. The molecule has 0 bridgehead atoms. The quantitative estimate of drug-likeness (QED) is 0.393. The van der Waals surface area contributed by atoms with Gasteiger partial charge < -0.3 is 4.74 Å². The summed E-state index contributed by atoms with van der Waals surface area (Å²) in [6.07, 6.45) is 3.50. The van der Waals surface area contributed by atoms with Crippen molar-refractivity contribution in [3.05, 3.63) is 12.0 Å². The summed E-state index contributed by atoms with van der Waals surface area (Å²) in [4.78, 5) is 3.88. The molecule has 0 aromatic rings. The Bertz CT molecular complexity index is 102. The summed E-state index contributed by atoms with van der Waals surface area (Å²) >= 11 is 0. The molecule has 0 aromatic carbocycles. The minimum Gasteiger partial charge on any atom is -0.481 e. The molecule has 0 aliphatic rings. The summed E-state index contributed by atoms with van der Waals surface area (Å²) in [5, 5.41) is 0. The minimum absolute atomic E-state index is 0.660. The van der Waals surface area contributed by atoms with Gasteiger partial charge in [0.1, 0.15) is 0 Å². The lowest BCUT2D eigenvalue weighted by molar-refractivity contribution is 0.288. The Labute approximate surface area is 49.9 Å². The minimum atomic E-state index is 0.660. The normalized spacial score (nSPS) is 12.6. The smallest absolute Gasteiger partial charge is 0.208 e. The van der Waals surface area contributed by atoms with Gasteiger partial charge in [-0.25, -0.2) is 4.99 Å². The Hall–Kier alpha value is -0.790. The van der Waals surface area contributed by atoms with Crippen molar-refractivity contribution in [2.45, 2.75) is 13.8 Å². The van der Waals surface area contributed by atoms with E-state index in [-0.39, 0.29) is 0 Å². The number of nitrogens with zero attached hydrogens (tertiary/aromatic N) is 1. The molecule has 0 aromatic heterocycles. The summed E-state index contributed by atoms with van der Waals surface area (Å²) in [6.45, 7) is 3.73. The van der Waals surface area contributed by atoms with Gasteiger partial charge in [-0.3, -0.25) is 0 Å². The van der Waals surface area contributed by atoms with Crippen LogP contribution in [-0.4, -0.2) is 13.3 Å². The van der Waals surface area contributed by atoms with Crippen molar-refractivity contribution in [3.8, 4) is 0 Å². The summed E-state index contributed by atoms with van der Waals surface area (Å²) in [5.74, 6) is 0.660. The molecule has 0 rings (SSSR count). The molecule has 0 amide bonds. The molecule has 0 saturated heterocycles. The van der Waals surface area contributed by atoms with E-state index in [0.29, 0.717) is 5.88 Å². The fraction of sp³-hybridized carbons (Fsp3) is 0.500. The van der Waals surface area contributed by atoms with E-state index < -0.39 is 0 Å². The Balaban J connectivity index is 3.72. The molecule has 0 spiro atoms. The van der Waals surface area contributed by atoms with Crippen LogP contribution in [0.1, 0.15) is 13.8 Å². The molecule has 0 radical (unpaired) electrons. The van der Waals surface area contributed by atoms with Crippen LogP contribution in [0.4, 0.5) is 0 Å². The number of methoxy groups -OCH3 is 1. The number of rotatable bonds is 2. The molecular weight excluding hydrogens is 102 g/mol.